The molecule has 0 radical (unpaired) electrons. The summed E-state index contributed by atoms with van der Waals surface area (Å²) in [4.78, 5) is 0. The van der Waals surface area contributed by atoms with Gasteiger partial charge in [0.15, 0.2) is 0 Å². The lowest BCUT2D eigenvalue weighted by Gasteiger charge is -2.23. The largest absolute Gasteiger partial charge is 0.378 e. The van der Waals surface area contributed by atoms with Crippen LogP contribution in [-0.2, 0) is 4.74 Å². The van der Waals surface area contributed by atoms with Crippen molar-refractivity contribution in [2.24, 2.45) is 0 Å². The van der Waals surface area contributed by atoms with Gasteiger partial charge in [0.2, 0.25) is 0 Å². The SMILES string of the molecule is FCCNCC1COCCN1. The van der Waals surface area contributed by atoms with Crippen molar-refractivity contribution in [3.63, 3.8) is 0 Å². The summed E-state index contributed by atoms with van der Waals surface area (Å²) in [6.07, 6.45) is 0. The number of nitrogens with one attached hydrogen (secondary N) is 2. The van der Waals surface area contributed by atoms with Crippen LogP contribution in [0.15, 0.2) is 0 Å². The predicted octanol–water partition coefficient (Wildman–Crippen LogP) is -0.466. The lowest BCUT2D eigenvalue weighted by atomic mass is 10.3. The van der Waals surface area contributed by atoms with Gasteiger partial charge in [-0.15, -0.1) is 0 Å². The normalized spacial score (nSPS) is 25.4. The number of halogens is 1. The smallest absolute Gasteiger partial charge is 0.102 e. The van der Waals surface area contributed by atoms with E-state index in [0.717, 1.165) is 26.3 Å². The highest BCUT2D eigenvalue weighted by Crippen LogP contribution is 1.90. The van der Waals surface area contributed by atoms with Gasteiger partial charge in [0.1, 0.15) is 6.67 Å². The maximum atomic E-state index is 11.6. The molecule has 1 fully saturated rings. The van der Waals surface area contributed by atoms with Crippen LogP contribution in [0.4, 0.5) is 4.39 Å². The third kappa shape index (κ3) is 3.65. The molecular weight excluding hydrogens is 147 g/mol. The molecule has 1 saturated heterocycles. The van der Waals surface area contributed by atoms with Crippen molar-refractivity contribution in [1.29, 1.82) is 0 Å². The molecular formula is C7H15FN2O. The van der Waals surface area contributed by atoms with Crippen molar-refractivity contribution in [2.75, 3.05) is 39.5 Å². The monoisotopic (exact) mass is 162 g/mol. The minimum Gasteiger partial charge on any atom is -0.378 e. The summed E-state index contributed by atoms with van der Waals surface area (Å²) in [6.45, 7) is 3.37. The van der Waals surface area contributed by atoms with Crippen LogP contribution in [-0.4, -0.2) is 45.6 Å². The molecule has 3 nitrogen and oxygen atoms in total. The Bertz CT molecular complexity index is 96.4. The third-order valence-electron chi connectivity index (χ3n) is 1.66. The molecule has 4 heteroatoms. The van der Waals surface area contributed by atoms with E-state index in [-0.39, 0.29) is 6.67 Å². The van der Waals surface area contributed by atoms with Gasteiger partial charge in [-0.2, -0.15) is 0 Å². The molecule has 66 valence electrons. The quantitative estimate of drug-likeness (QED) is 0.548. The molecule has 0 saturated carbocycles. The Morgan fingerprint density at radius 2 is 2.55 bits per heavy atom. The minimum absolute atomic E-state index is 0.298. The Morgan fingerprint density at radius 3 is 3.18 bits per heavy atom. The topological polar surface area (TPSA) is 33.3 Å². The third-order valence-corrected chi connectivity index (χ3v) is 1.66. The van der Waals surface area contributed by atoms with E-state index >= 15 is 0 Å². The van der Waals surface area contributed by atoms with Gasteiger partial charge in [-0.05, 0) is 0 Å². The van der Waals surface area contributed by atoms with Gasteiger partial charge in [-0.1, -0.05) is 0 Å². The van der Waals surface area contributed by atoms with Gasteiger partial charge in [-0.25, -0.2) is 4.39 Å². The van der Waals surface area contributed by atoms with Crippen molar-refractivity contribution >= 4 is 0 Å². The lowest BCUT2D eigenvalue weighted by Crippen LogP contribution is -2.47. The van der Waals surface area contributed by atoms with Gasteiger partial charge < -0.3 is 15.4 Å². The summed E-state index contributed by atoms with van der Waals surface area (Å²) in [6, 6.07) is 0.357. The molecule has 0 spiro atoms. The molecule has 0 bridgehead atoms. The maximum Gasteiger partial charge on any atom is 0.102 e. The van der Waals surface area contributed by atoms with E-state index in [0.29, 0.717) is 12.6 Å². The zero-order valence-electron chi connectivity index (χ0n) is 6.61. The first-order valence-electron chi connectivity index (χ1n) is 4.01. The van der Waals surface area contributed by atoms with Crippen LogP contribution in [0.2, 0.25) is 0 Å². The number of morpholine rings is 1. The number of hydrogen-bond acceptors (Lipinski definition) is 3. The van der Waals surface area contributed by atoms with Gasteiger partial charge in [0.05, 0.1) is 13.2 Å². The van der Waals surface area contributed by atoms with E-state index in [1.165, 1.54) is 0 Å². The molecule has 0 aromatic rings. The molecule has 11 heavy (non-hydrogen) atoms. The second kappa shape index (κ2) is 5.46. The van der Waals surface area contributed by atoms with Crippen molar-refractivity contribution in [3.8, 4) is 0 Å². The first kappa shape index (κ1) is 8.90. The summed E-state index contributed by atoms with van der Waals surface area (Å²) >= 11 is 0. The molecule has 1 aliphatic rings. The molecule has 1 unspecified atom stereocenters. The standard InChI is InChI=1S/C7H15FN2O/c8-1-2-9-5-7-6-11-4-3-10-7/h7,9-10H,1-6H2. The Balaban J connectivity index is 1.96. The number of hydrogen-bond donors (Lipinski definition) is 2. The predicted molar refractivity (Wildman–Crippen MR) is 41.5 cm³/mol. The van der Waals surface area contributed by atoms with E-state index in [4.69, 9.17) is 4.74 Å². The van der Waals surface area contributed by atoms with Gasteiger partial charge in [0, 0.05) is 25.7 Å². The van der Waals surface area contributed by atoms with E-state index < -0.39 is 0 Å². The van der Waals surface area contributed by atoms with E-state index in [9.17, 15) is 4.39 Å². The van der Waals surface area contributed by atoms with Crippen molar-refractivity contribution in [2.45, 2.75) is 6.04 Å². The Labute approximate surface area is 66.3 Å². The Kier molecular flexibility index (Phi) is 4.42. The number of alkyl halides is 1. The van der Waals surface area contributed by atoms with Gasteiger partial charge in [0.25, 0.3) is 0 Å². The molecule has 2 N–H and O–H groups in total. The highest BCUT2D eigenvalue weighted by Gasteiger charge is 2.11. The Hall–Kier alpha value is -0.190. The molecule has 0 amide bonds. The molecule has 1 heterocycles. The fourth-order valence-electron chi connectivity index (χ4n) is 1.09. The summed E-state index contributed by atoms with van der Waals surface area (Å²) in [5.74, 6) is 0. The summed E-state index contributed by atoms with van der Waals surface area (Å²) < 4.78 is 16.8. The summed E-state index contributed by atoms with van der Waals surface area (Å²) in [7, 11) is 0. The van der Waals surface area contributed by atoms with Crippen molar-refractivity contribution < 1.29 is 9.13 Å². The van der Waals surface area contributed by atoms with Crippen LogP contribution < -0.4 is 10.6 Å². The molecule has 0 aromatic heterocycles. The molecule has 1 atom stereocenters. The second-order valence-corrected chi connectivity index (χ2v) is 2.62. The zero-order chi connectivity index (χ0) is 7.94. The molecule has 0 aliphatic carbocycles. The summed E-state index contributed by atoms with van der Waals surface area (Å²) in [5.41, 5.74) is 0. The van der Waals surface area contributed by atoms with Gasteiger partial charge >= 0.3 is 0 Å². The Morgan fingerprint density at radius 1 is 1.64 bits per heavy atom. The molecule has 1 aliphatic heterocycles. The summed E-state index contributed by atoms with van der Waals surface area (Å²) in [5, 5.41) is 6.26. The van der Waals surface area contributed by atoms with Crippen LogP contribution >= 0.6 is 0 Å². The van der Waals surface area contributed by atoms with Crippen LogP contribution in [0.5, 0.6) is 0 Å². The van der Waals surface area contributed by atoms with Crippen molar-refractivity contribution in [3.05, 3.63) is 0 Å². The average molecular weight is 162 g/mol. The van der Waals surface area contributed by atoms with E-state index in [1.54, 1.807) is 0 Å². The number of rotatable bonds is 4. The average Bonchev–Trinajstić information content (AvgIpc) is 2.07. The van der Waals surface area contributed by atoms with Crippen LogP contribution in [0, 0.1) is 0 Å². The fourth-order valence-corrected chi connectivity index (χ4v) is 1.09. The second-order valence-electron chi connectivity index (χ2n) is 2.62. The first-order valence-corrected chi connectivity index (χ1v) is 4.01. The van der Waals surface area contributed by atoms with Crippen molar-refractivity contribution in [1.82, 2.24) is 10.6 Å². The van der Waals surface area contributed by atoms with Crippen LogP contribution in [0.3, 0.4) is 0 Å². The van der Waals surface area contributed by atoms with E-state index in [2.05, 4.69) is 10.6 Å². The first-order chi connectivity index (χ1) is 5.43. The van der Waals surface area contributed by atoms with E-state index in [1.807, 2.05) is 0 Å². The fraction of sp³-hybridized carbons (Fsp3) is 1.00. The van der Waals surface area contributed by atoms with Crippen LogP contribution in [0.1, 0.15) is 0 Å². The van der Waals surface area contributed by atoms with Crippen LogP contribution in [0.25, 0.3) is 0 Å². The maximum absolute atomic E-state index is 11.6. The zero-order valence-corrected chi connectivity index (χ0v) is 6.61. The highest BCUT2D eigenvalue weighted by molar-refractivity contribution is 4.71. The lowest BCUT2D eigenvalue weighted by molar-refractivity contribution is 0.0767. The number of ether oxygens (including phenoxy) is 1. The molecule has 1 rings (SSSR count). The minimum atomic E-state index is -0.298. The molecule has 0 aromatic carbocycles. The van der Waals surface area contributed by atoms with Gasteiger partial charge in [-0.3, -0.25) is 0 Å². The highest BCUT2D eigenvalue weighted by atomic mass is 19.1.